The molecule has 0 saturated carbocycles. The quantitative estimate of drug-likeness (QED) is 0.466. The number of aryl methyl sites for hydroxylation is 2. The topological polar surface area (TPSA) is 119 Å². The van der Waals surface area contributed by atoms with Crippen LogP contribution in [-0.4, -0.2) is 20.8 Å². The summed E-state index contributed by atoms with van der Waals surface area (Å²) in [4.78, 5) is 30.7. The molecule has 0 aliphatic heterocycles. The number of nitro groups is 1. The van der Waals surface area contributed by atoms with Gasteiger partial charge >= 0.3 is 11.6 Å². The molecular weight excluding hydrogens is 374 g/mol. The number of hydrogen-bond acceptors (Lipinski definition) is 7. The third-order valence-electron chi connectivity index (χ3n) is 4.19. The van der Waals surface area contributed by atoms with Gasteiger partial charge in [0.05, 0.1) is 11.3 Å². The number of nitrogens with one attached hydrogen (secondary N) is 2. The maximum atomic E-state index is 12.1. The minimum atomic E-state index is -0.665. The Hall–Kier alpha value is -4.01. The van der Waals surface area contributed by atoms with Crippen LogP contribution in [0.5, 0.6) is 11.6 Å². The normalized spacial score (nSPS) is 10.3. The molecule has 0 aliphatic rings. The van der Waals surface area contributed by atoms with Gasteiger partial charge in [-0.25, -0.2) is 4.98 Å². The highest BCUT2D eigenvalue weighted by Crippen LogP contribution is 2.34. The van der Waals surface area contributed by atoms with Crippen LogP contribution in [-0.2, 0) is 11.2 Å². The third-order valence-corrected chi connectivity index (χ3v) is 4.19. The van der Waals surface area contributed by atoms with Gasteiger partial charge in [-0.15, -0.1) is 0 Å². The fourth-order valence-electron chi connectivity index (χ4n) is 2.54. The summed E-state index contributed by atoms with van der Waals surface area (Å²) in [6, 6.07) is 14.4. The van der Waals surface area contributed by atoms with Gasteiger partial charge in [0.2, 0.25) is 11.7 Å². The van der Waals surface area contributed by atoms with Crippen molar-refractivity contribution in [2.75, 3.05) is 5.43 Å². The maximum Gasteiger partial charge on any atom is 0.374 e. The monoisotopic (exact) mass is 393 g/mol. The van der Waals surface area contributed by atoms with E-state index in [9.17, 15) is 14.9 Å². The summed E-state index contributed by atoms with van der Waals surface area (Å²) in [6.07, 6.45) is 1.23. The Labute approximate surface area is 166 Å². The highest BCUT2D eigenvalue weighted by atomic mass is 16.6. The van der Waals surface area contributed by atoms with Gasteiger partial charge in [0.15, 0.2) is 0 Å². The predicted octanol–water partition coefficient (Wildman–Crippen LogP) is 3.48. The molecule has 148 valence electrons. The zero-order chi connectivity index (χ0) is 20.8. The van der Waals surface area contributed by atoms with E-state index in [1.807, 2.05) is 50.2 Å². The molecule has 29 heavy (non-hydrogen) atoms. The fraction of sp³-hybridized carbons (Fsp3) is 0.150. The van der Waals surface area contributed by atoms with E-state index in [0.29, 0.717) is 5.75 Å². The second kappa shape index (κ2) is 8.79. The highest BCUT2D eigenvalue weighted by Gasteiger charge is 2.25. The Morgan fingerprint density at radius 2 is 1.86 bits per heavy atom. The number of anilines is 1. The molecule has 0 saturated heterocycles. The second-order valence-electron chi connectivity index (χ2n) is 6.32. The van der Waals surface area contributed by atoms with E-state index in [1.165, 1.54) is 0 Å². The molecule has 3 aromatic rings. The molecule has 0 unspecified atom stereocenters. The lowest BCUT2D eigenvalue weighted by molar-refractivity contribution is -0.385. The third kappa shape index (κ3) is 5.04. The van der Waals surface area contributed by atoms with Crippen LogP contribution in [0.3, 0.4) is 0 Å². The van der Waals surface area contributed by atoms with E-state index >= 15 is 0 Å². The van der Waals surface area contributed by atoms with Gasteiger partial charge in [-0.1, -0.05) is 36.4 Å². The lowest BCUT2D eigenvalue weighted by atomic mass is 10.1. The molecule has 0 bridgehead atoms. The molecule has 0 aliphatic carbocycles. The van der Waals surface area contributed by atoms with Crippen LogP contribution >= 0.6 is 0 Å². The Morgan fingerprint density at radius 3 is 2.55 bits per heavy atom. The summed E-state index contributed by atoms with van der Waals surface area (Å²) in [5, 5.41) is 11.6. The standard InChI is InChI=1S/C20H19N5O4/c1-13-8-9-16(10-14(13)2)29-20-18(25(27)28)19(21-12-22-20)24-23-17(26)11-15-6-4-3-5-7-15/h3-10,12H,11H2,1-2H3,(H,23,26)(H,21,22,24). The van der Waals surface area contributed by atoms with Crippen LogP contribution in [0.2, 0.25) is 0 Å². The Balaban J connectivity index is 1.76. The number of carbonyl (C=O) groups is 1. The number of aromatic nitrogens is 2. The summed E-state index contributed by atoms with van der Waals surface area (Å²) in [5.41, 5.74) is 7.27. The van der Waals surface area contributed by atoms with Gasteiger partial charge in [-0.3, -0.25) is 25.8 Å². The van der Waals surface area contributed by atoms with Gasteiger partial charge in [0.25, 0.3) is 0 Å². The second-order valence-corrected chi connectivity index (χ2v) is 6.32. The molecule has 1 aromatic heterocycles. The molecule has 9 nitrogen and oxygen atoms in total. The van der Waals surface area contributed by atoms with E-state index in [0.717, 1.165) is 23.0 Å². The Morgan fingerprint density at radius 1 is 1.10 bits per heavy atom. The Kier molecular flexibility index (Phi) is 5.98. The van der Waals surface area contributed by atoms with E-state index in [1.54, 1.807) is 12.1 Å². The van der Waals surface area contributed by atoms with Crippen molar-refractivity contribution in [3.63, 3.8) is 0 Å². The van der Waals surface area contributed by atoms with Gasteiger partial charge in [0, 0.05) is 0 Å². The van der Waals surface area contributed by atoms with E-state index < -0.39 is 10.6 Å². The van der Waals surface area contributed by atoms with Crippen LogP contribution in [0.15, 0.2) is 54.9 Å². The lowest BCUT2D eigenvalue weighted by Crippen LogP contribution is -2.31. The van der Waals surface area contributed by atoms with Crippen LogP contribution in [0.1, 0.15) is 16.7 Å². The fourth-order valence-corrected chi connectivity index (χ4v) is 2.54. The van der Waals surface area contributed by atoms with Crippen LogP contribution in [0.25, 0.3) is 0 Å². The van der Waals surface area contributed by atoms with Crippen molar-refractivity contribution in [1.29, 1.82) is 0 Å². The minimum Gasteiger partial charge on any atom is -0.434 e. The zero-order valence-electron chi connectivity index (χ0n) is 15.9. The molecule has 0 atom stereocenters. The molecule has 2 N–H and O–H groups in total. The molecule has 9 heteroatoms. The van der Waals surface area contributed by atoms with Crippen molar-refractivity contribution < 1.29 is 14.5 Å². The number of benzene rings is 2. The summed E-state index contributed by atoms with van der Waals surface area (Å²) in [7, 11) is 0. The summed E-state index contributed by atoms with van der Waals surface area (Å²) >= 11 is 0. The minimum absolute atomic E-state index is 0.110. The zero-order valence-corrected chi connectivity index (χ0v) is 15.9. The molecule has 0 fully saturated rings. The molecular formula is C20H19N5O4. The molecule has 3 rings (SSSR count). The number of ether oxygens (including phenoxy) is 1. The number of carbonyl (C=O) groups excluding carboxylic acids is 1. The van der Waals surface area contributed by atoms with Crippen molar-refractivity contribution in [1.82, 2.24) is 15.4 Å². The Bertz CT molecular complexity index is 1040. The van der Waals surface area contributed by atoms with Gasteiger partial charge in [-0.05, 0) is 42.7 Å². The SMILES string of the molecule is Cc1ccc(Oc2ncnc(NNC(=O)Cc3ccccc3)c2[N+](=O)[O-])cc1C. The van der Waals surface area contributed by atoms with Crippen LogP contribution in [0.4, 0.5) is 11.5 Å². The van der Waals surface area contributed by atoms with Gasteiger partial charge < -0.3 is 4.74 Å². The summed E-state index contributed by atoms with van der Waals surface area (Å²) in [5.74, 6) is -0.368. The van der Waals surface area contributed by atoms with Gasteiger partial charge in [0.1, 0.15) is 12.1 Å². The van der Waals surface area contributed by atoms with E-state index in [2.05, 4.69) is 20.8 Å². The van der Waals surface area contributed by atoms with Crippen molar-refractivity contribution in [2.24, 2.45) is 0 Å². The first-order chi connectivity index (χ1) is 13.9. The van der Waals surface area contributed by atoms with Crippen LogP contribution in [0, 0.1) is 24.0 Å². The summed E-state index contributed by atoms with van der Waals surface area (Å²) < 4.78 is 5.60. The van der Waals surface area contributed by atoms with Crippen molar-refractivity contribution in [3.05, 3.63) is 81.7 Å². The highest BCUT2D eigenvalue weighted by molar-refractivity contribution is 5.80. The molecule has 0 spiro atoms. The smallest absolute Gasteiger partial charge is 0.374 e. The average molecular weight is 393 g/mol. The number of amides is 1. The lowest BCUT2D eigenvalue weighted by Gasteiger charge is -2.11. The first-order valence-electron chi connectivity index (χ1n) is 8.77. The molecule has 1 heterocycles. The number of nitrogens with zero attached hydrogens (tertiary/aromatic N) is 3. The number of rotatable bonds is 7. The summed E-state index contributed by atoms with van der Waals surface area (Å²) in [6.45, 7) is 3.86. The number of hydrogen-bond donors (Lipinski definition) is 2. The molecule has 0 radical (unpaired) electrons. The van der Waals surface area contributed by atoms with Crippen molar-refractivity contribution in [3.8, 4) is 11.6 Å². The van der Waals surface area contributed by atoms with Crippen molar-refractivity contribution in [2.45, 2.75) is 20.3 Å². The largest absolute Gasteiger partial charge is 0.434 e. The van der Waals surface area contributed by atoms with Crippen molar-refractivity contribution >= 4 is 17.4 Å². The number of hydrazine groups is 1. The van der Waals surface area contributed by atoms with E-state index in [4.69, 9.17) is 4.74 Å². The average Bonchev–Trinajstić information content (AvgIpc) is 2.70. The van der Waals surface area contributed by atoms with Crippen LogP contribution < -0.4 is 15.6 Å². The first-order valence-corrected chi connectivity index (χ1v) is 8.77. The maximum absolute atomic E-state index is 12.1. The van der Waals surface area contributed by atoms with Gasteiger partial charge in [-0.2, -0.15) is 4.98 Å². The first kappa shape index (κ1) is 19.7. The molecule has 2 aromatic carbocycles. The molecule has 1 amide bonds. The predicted molar refractivity (Wildman–Crippen MR) is 107 cm³/mol. The van der Waals surface area contributed by atoms with E-state index in [-0.39, 0.29) is 24.0 Å².